The molecule has 1 aliphatic carbocycles. The van der Waals surface area contributed by atoms with Gasteiger partial charge >= 0.3 is 0 Å². The van der Waals surface area contributed by atoms with Crippen LogP contribution in [0, 0.1) is 0 Å². The van der Waals surface area contributed by atoms with Crippen LogP contribution >= 0.6 is 0 Å². The molecule has 1 aromatic rings. The molecule has 1 unspecified atom stereocenters. The van der Waals surface area contributed by atoms with E-state index in [0.717, 1.165) is 31.2 Å². The molecule has 1 fully saturated rings. The lowest BCUT2D eigenvalue weighted by atomic mass is 10.0. The molecule has 0 amide bonds. The zero-order valence-corrected chi connectivity index (χ0v) is 13.8. The van der Waals surface area contributed by atoms with E-state index in [-0.39, 0.29) is 16.8 Å². The van der Waals surface area contributed by atoms with Crippen LogP contribution in [0.5, 0.6) is 0 Å². The molecule has 0 radical (unpaired) electrons. The largest absolute Gasteiger partial charge is 0.326 e. The Morgan fingerprint density at radius 3 is 2.29 bits per heavy atom. The summed E-state index contributed by atoms with van der Waals surface area (Å²) in [4.78, 5) is 0.292. The first-order valence-corrected chi connectivity index (χ1v) is 10.5. The van der Waals surface area contributed by atoms with Crippen molar-refractivity contribution in [2.24, 2.45) is 5.73 Å². The van der Waals surface area contributed by atoms with Gasteiger partial charge in [0.15, 0.2) is 9.84 Å². The molecule has 0 saturated heterocycles. The van der Waals surface area contributed by atoms with Crippen LogP contribution < -0.4 is 5.73 Å². The molecule has 4 nitrogen and oxygen atoms in total. The Hall–Kier alpha value is -0.720. The van der Waals surface area contributed by atoms with Crippen LogP contribution in [0.25, 0.3) is 0 Å². The van der Waals surface area contributed by atoms with E-state index in [4.69, 9.17) is 5.73 Å². The van der Waals surface area contributed by atoms with Crippen LogP contribution in [0.2, 0.25) is 0 Å². The fourth-order valence-electron chi connectivity index (χ4n) is 2.64. The van der Waals surface area contributed by atoms with Gasteiger partial charge in [-0.1, -0.05) is 31.4 Å². The number of hydrogen-bond donors (Lipinski definition) is 1. The molecule has 1 aromatic carbocycles. The average molecular weight is 329 g/mol. The first-order valence-electron chi connectivity index (χ1n) is 7.42. The van der Waals surface area contributed by atoms with E-state index in [0.29, 0.717) is 11.4 Å². The number of nitrogens with two attached hydrogens (primary N) is 1. The number of benzene rings is 1. The third-order valence-electron chi connectivity index (χ3n) is 4.00. The smallest absolute Gasteiger partial charge is 0.179 e. The van der Waals surface area contributed by atoms with Gasteiger partial charge in [0.05, 0.1) is 10.6 Å². The number of rotatable bonds is 6. The van der Waals surface area contributed by atoms with Gasteiger partial charge in [-0.3, -0.25) is 4.21 Å². The summed E-state index contributed by atoms with van der Waals surface area (Å²) in [5.41, 5.74) is 6.40. The highest BCUT2D eigenvalue weighted by molar-refractivity contribution is 7.93. The molecule has 0 heterocycles. The summed E-state index contributed by atoms with van der Waals surface area (Å²) in [6.45, 7) is 0.395. The molecule has 1 atom stereocenters. The summed E-state index contributed by atoms with van der Waals surface area (Å²) in [6.07, 6.45) is 5.38. The lowest BCUT2D eigenvalue weighted by Crippen LogP contribution is -2.24. The predicted octanol–water partition coefficient (Wildman–Crippen LogP) is 2.00. The standard InChI is InChI=1S/C15H23NO3S2/c16-12-13-6-8-15(9-7-13)21(18,19)11-10-20(17)14-4-2-1-3-5-14/h6-9,14H,1-5,10-12,16H2. The summed E-state index contributed by atoms with van der Waals surface area (Å²) in [6, 6.07) is 6.62. The Bertz CT molecular complexity index is 575. The topological polar surface area (TPSA) is 77.2 Å². The molecule has 0 aromatic heterocycles. The van der Waals surface area contributed by atoms with Crippen molar-refractivity contribution in [3.8, 4) is 0 Å². The minimum atomic E-state index is -3.35. The SMILES string of the molecule is NCc1ccc(S(=O)(=O)CCS(=O)C2CCCCC2)cc1. The van der Waals surface area contributed by atoms with E-state index >= 15 is 0 Å². The first-order chi connectivity index (χ1) is 10.0. The minimum Gasteiger partial charge on any atom is -0.326 e. The van der Waals surface area contributed by atoms with Gasteiger partial charge in [0, 0.05) is 28.3 Å². The van der Waals surface area contributed by atoms with Crippen LogP contribution in [0.3, 0.4) is 0 Å². The van der Waals surface area contributed by atoms with Crippen LogP contribution in [0.15, 0.2) is 29.2 Å². The Labute approximate surface area is 129 Å². The molecule has 0 spiro atoms. The molecule has 6 heteroatoms. The molecule has 2 rings (SSSR count). The molecular weight excluding hydrogens is 306 g/mol. The van der Waals surface area contributed by atoms with Gasteiger partial charge in [-0.2, -0.15) is 0 Å². The van der Waals surface area contributed by atoms with Gasteiger partial charge in [-0.05, 0) is 30.5 Å². The lowest BCUT2D eigenvalue weighted by Gasteiger charge is -2.20. The lowest BCUT2D eigenvalue weighted by molar-refractivity contribution is 0.505. The van der Waals surface area contributed by atoms with Gasteiger partial charge in [-0.25, -0.2) is 8.42 Å². The fourth-order valence-corrected chi connectivity index (χ4v) is 6.15. The van der Waals surface area contributed by atoms with E-state index < -0.39 is 20.6 Å². The van der Waals surface area contributed by atoms with Crippen molar-refractivity contribution in [2.75, 3.05) is 11.5 Å². The molecule has 1 aliphatic rings. The molecule has 21 heavy (non-hydrogen) atoms. The van der Waals surface area contributed by atoms with Crippen LogP contribution in [0.1, 0.15) is 37.7 Å². The van der Waals surface area contributed by atoms with Crippen LogP contribution in [0.4, 0.5) is 0 Å². The third-order valence-corrected chi connectivity index (χ3v) is 7.81. The second kappa shape index (κ2) is 7.51. The average Bonchev–Trinajstić information content (AvgIpc) is 2.53. The fraction of sp³-hybridized carbons (Fsp3) is 0.600. The van der Waals surface area contributed by atoms with E-state index in [2.05, 4.69) is 0 Å². The molecule has 0 bridgehead atoms. The second-order valence-electron chi connectivity index (χ2n) is 5.51. The summed E-state index contributed by atoms with van der Waals surface area (Å²) < 4.78 is 36.7. The predicted molar refractivity (Wildman–Crippen MR) is 86.3 cm³/mol. The molecular formula is C15H23NO3S2. The van der Waals surface area contributed by atoms with Crippen molar-refractivity contribution >= 4 is 20.6 Å². The van der Waals surface area contributed by atoms with Crippen molar-refractivity contribution < 1.29 is 12.6 Å². The van der Waals surface area contributed by atoms with Crippen LogP contribution in [-0.2, 0) is 27.2 Å². The van der Waals surface area contributed by atoms with Gasteiger partial charge in [0.1, 0.15) is 0 Å². The Morgan fingerprint density at radius 2 is 1.71 bits per heavy atom. The highest BCUT2D eigenvalue weighted by Gasteiger charge is 2.22. The van der Waals surface area contributed by atoms with E-state index in [1.165, 1.54) is 6.42 Å². The van der Waals surface area contributed by atoms with Crippen molar-refractivity contribution in [1.29, 1.82) is 0 Å². The van der Waals surface area contributed by atoms with Gasteiger partial charge in [-0.15, -0.1) is 0 Å². The van der Waals surface area contributed by atoms with Crippen molar-refractivity contribution in [1.82, 2.24) is 0 Å². The highest BCUT2D eigenvalue weighted by atomic mass is 32.2. The van der Waals surface area contributed by atoms with E-state index in [1.54, 1.807) is 24.3 Å². The van der Waals surface area contributed by atoms with Crippen LogP contribution in [-0.4, -0.2) is 29.4 Å². The van der Waals surface area contributed by atoms with Crippen molar-refractivity contribution in [3.63, 3.8) is 0 Å². The van der Waals surface area contributed by atoms with Crippen molar-refractivity contribution in [2.45, 2.75) is 48.8 Å². The maximum atomic E-state index is 12.3. The molecule has 0 aliphatic heterocycles. The monoisotopic (exact) mass is 329 g/mol. The number of hydrogen-bond acceptors (Lipinski definition) is 4. The molecule has 2 N–H and O–H groups in total. The summed E-state index contributed by atoms with van der Waals surface area (Å²) in [5, 5.41) is 0.188. The summed E-state index contributed by atoms with van der Waals surface area (Å²) >= 11 is 0. The van der Waals surface area contributed by atoms with E-state index in [1.807, 2.05) is 0 Å². The summed E-state index contributed by atoms with van der Waals surface area (Å²) in [7, 11) is -4.38. The maximum absolute atomic E-state index is 12.3. The van der Waals surface area contributed by atoms with Gasteiger partial charge in [0.25, 0.3) is 0 Å². The second-order valence-corrected chi connectivity index (χ2v) is 9.46. The zero-order chi connectivity index (χ0) is 15.3. The third kappa shape index (κ3) is 4.63. The number of sulfone groups is 1. The summed E-state index contributed by atoms with van der Waals surface area (Å²) in [5.74, 6) is 0.198. The first kappa shape index (κ1) is 16.6. The highest BCUT2D eigenvalue weighted by Crippen LogP contribution is 2.22. The minimum absolute atomic E-state index is 0.0436. The van der Waals surface area contributed by atoms with E-state index in [9.17, 15) is 12.6 Å². The molecule has 1 saturated carbocycles. The quantitative estimate of drug-likeness (QED) is 0.866. The van der Waals surface area contributed by atoms with Gasteiger partial charge in [0.2, 0.25) is 0 Å². The zero-order valence-electron chi connectivity index (χ0n) is 12.2. The Kier molecular flexibility index (Phi) is 5.96. The Morgan fingerprint density at radius 1 is 1.10 bits per heavy atom. The Balaban J connectivity index is 1.95. The normalized spacial score (nSPS) is 18.5. The molecule has 118 valence electrons. The maximum Gasteiger partial charge on any atom is 0.179 e. The van der Waals surface area contributed by atoms with Crippen molar-refractivity contribution in [3.05, 3.63) is 29.8 Å². The van der Waals surface area contributed by atoms with Gasteiger partial charge < -0.3 is 5.73 Å².